The average molecular weight is 328 g/mol. The second kappa shape index (κ2) is 5.52. The molecule has 4 rings (SSSR count). The van der Waals surface area contributed by atoms with E-state index in [1.54, 1.807) is 29.9 Å². The van der Waals surface area contributed by atoms with Gasteiger partial charge in [0, 0.05) is 25.2 Å². The number of benzene rings is 1. The molecule has 0 saturated carbocycles. The lowest BCUT2D eigenvalue weighted by atomic mass is 10.1. The van der Waals surface area contributed by atoms with Gasteiger partial charge in [0.05, 0.1) is 18.1 Å². The standard InChI is InChI=1S/C15H16N6O3/c1-20-11-4-2-9(6-12(11)24-15(20)23)18-14(22)19-10-3-5-13-16-8-17-21(13)7-10/h2,4,6,8,10H,3,5,7H2,1H3,(H2,18,19,22). The Hall–Kier alpha value is -3.10. The minimum Gasteiger partial charge on any atom is -0.408 e. The topological polar surface area (TPSA) is 107 Å². The molecule has 2 aromatic heterocycles. The maximum absolute atomic E-state index is 12.2. The molecule has 0 aliphatic carbocycles. The van der Waals surface area contributed by atoms with E-state index in [1.165, 1.54) is 10.9 Å². The Morgan fingerprint density at radius 3 is 3.17 bits per heavy atom. The van der Waals surface area contributed by atoms with Gasteiger partial charge in [-0.25, -0.2) is 19.3 Å². The van der Waals surface area contributed by atoms with Crippen LogP contribution in [-0.2, 0) is 20.0 Å². The number of oxazole rings is 1. The van der Waals surface area contributed by atoms with Crippen LogP contribution < -0.4 is 16.4 Å². The second-order valence-electron chi connectivity index (χ2n) is 5.80. The van der Waals surface area contributed by atoms with E-state index in [1.807, 2.05) is 0 Å². The van der Waals surface area contributed by atoms with Gasteiger partial charge < -0.3 is 15.1 Å². The number of aromatic nitrogens is 4. The van der Waals surface area contributed by atoms with Crippen LogP contribution in [0.2, 0.25) is 0 Å². The first-order chi connectivity index (χ1) is 11.6. The van der Waals surface area contributed by atoms with Gasteiger partial charge in [-0.2, -0.15) is 5.10 Å². The molecule has 1 unspecified atom stereocenters. The quantitative estimate of drug-likeness (QED) is 0.725. The van der Waals surface area contributed by atoms with Crippen LogP contribution in [0.3, 0.4) is 0 Å². The van der Waals surface area contributed by atoms with Crippen molar-refractivity contribution in [2.75, 3.05) is 5.32 Å². The highest BCUT2D eigenvalue weighted by molar-refractivity contribution is 5.91. The summed E-state index contributed by atoms with van der Waals surface area (Å²) in [5.41, 5.74) is 1.67. The molecule has 0 radical (unpaired) electrons. The molecular formula is C15H16N6O3. The molecule has 24 heavy (non-hydrogen) atoms. The summed E-state index contributed by atoms with van der Waals surface area (Å²) in [4.78, 5) is 27.8. The number of fused-ring (bicyclic) bond motifs is 2. The van der Waals surface area contributed by atoms with Crippen molar-refractivity contribution in [3.05, 3.63) is 40.9 Å². The van der Waals surface area contributed by atoms with Crippen molar-refractivity contribution in [3.8, 4) is 0 Å². The number of carbonyl (C=O) groups excluding carboxylic acids is 1. The maximum Gasteiger partial charge on any atom is 0.419 e. The number of hydrogen-bond acceptors (Lipinski definition) is 5. The fourth-order valence-corrected chi connectivity index (χ4v) is 2.92. The van der Waals surface area contributed by atoms with E-state index in [9.17, 15) is 9.59 Å². The Labute approximate surface area is 136 Å². The lowest BCUT2D eigenvalue weighted by Crippen LogP contribution is -2.43. The highest BCUT2D eigenvalue weighted by Crippen LogP contribution is 2.18. The Balaban J connectivity index is 1.44. The molecule has 0 spiro atoms. The van der Waals surface area contributed by atoms with Gasteiger partial charge in [-0.05, 0) is 18.6 Å². The molecule has 3 heterocycles. The number of anilines is 1. The number of nitrogens with zero attached hydrogens (tertiary/aromatic N) is 4. The fourth-order valence-electron chi connectivity index (χ4n) is 2.92. The van der Waals surface area contributed by atoms with E-state index in [4.69, 9.17) is 4.42 Å². The summed E-state index contributed by atoms with van der Waals surface area (Å²) < 4.78 is 8.34. The average Bonchev–Trinajstić information content (AvgIpc) is 3.12. The molecule has 1 atom stereocenters. The van der Waals surface area contributed by atoms with Crippen molar-refractivity contribution in [1.82, 2.24) is 24.6 Å². The largest absolute Gasteiger partial charge is 0.419 e. The third-order valence-electron chi connectivity index (χ3n) is 4.19. The number of urea groups is 1. The third-order valence-corrected chi connectivity index (χ3v) is 4.19. The van der Waals surface area contributed by atoms with Crippen molar-refractivity contribution in [1.29, 1.82) is 0 Å². The maximum atomic E-state index is 12.2. The van der Waals surface area contributed by atoms with Crippen molar-refractivity contribution in [2.45, 2.75) is 25.4 Å². The SMILES string of the molecule is Cn1c(=O)oc2cc(NC(=O)NC3CCc4ncnn4C3)ccc21. The monoisotopic (exact) mass is 328 g/mol. The molecule has 9 nitrogen and oxygen atoms in total. The molecule has 1 aromatic carbocycles. The molecule has 0 fully saturated rings. The predicted octanol–water partition coefficient (Wildman–Crippen LogP) is 0.859. The summed E-state index contributed by atoms with van der Waals surface area (Å²) >= 11 is 0. The van der Waals surface area contributed by atoms with Crippen LogP contribution in [-0.4, -0.2) is 31.4 Å². The van der Waals surface area contributed by atoms with Crippen LogP contribution in [0, 0.1) is 0 Å². The van der Waals surface area contributed by atoms with Gasteiger partial charge in [0.1, 0.15) is 12.2 Å². The summed E-state index contributed by atoms with van der Waals surface area (Å²) in [6.45, 7) is 0.606. The van der Waals surface area contributed by atoms with E-state index in [2.05, 4.69) is 20.7 Å². The Kier molecular flexibility index (Phi) is 3.33. The number of aryl methyl sites for hydroxylation is 2. The van der Waals surface area contributed by atoms with Crippen molar-refractivity contribution in [2.24, 2.45) is 7.05 Å². The molecule has 2 amide bonds. The Morgan fingerprint density at radius 1 is 1.42 bits per heavy atom. The van der Waals surface area contributed by atoms with Crippen LogP contribution in [0.15, 0.2) is 33.7 Å². The molecule has 124 valence electrons. The summed E-state index contributed by atoms with van der Waals surface area (Å²) in [7, 11) is 1.63. The van der Waals surface area contributed by atoms with Gasteiger partial charge in [0.2, 0.25) is 0 Å². The van der Waals surface area contributed by atoms with Gasteiger partial charge in [-0.15, -0.1) is 0 Å². The first-order valence-electron chi connectivity index (χ1n) is 7.64. The predicted molar refractivity (Wildman–Crippen MR) is 85.7 cm³/mol. The van der Waals surface area contributed by atoms with Crippen LogP contribution in [0.4, 0.5) is 10.5 Å². The number of hydrogen-bond donors (Lipinski definition) is 2. The zero-order valence-electron chi connectivity index (χ0n) is 13.0. The van der Waals surface area contributed by atoms with Crippen LogP contribution >= 0.6 is 0 Å². The minimum absolute atomic E-state index is 0.00223. The van der Waals surface area contributed by atoms with E-state index in [-0.39, 0.29) is 12.1 Å². The summed E-state index contributed by atoms with van der Waals surface area (Å²) in [5, 5.41) is 9.82. The van der Waals surface area contributed by atoms with Crippen molar-refractivity contribution < 1.29 is 9.21 Å². The van der Waals surface area contributed by atoms with Gasteiger partial charge in [0.25, 0.3) is 0 Å². The van der Waals surface area contributed by atoms with Gasteiger partial charge in [0.15, 0.2) is 5.58 Å². The molecule has 9 heteroatoms. The Morgan fingerprint density at radius 2 is 2.29 bits per heavy atom. The van der Waals surface area contributed by atoms with Gasteiger partial charge in [-0.3, -0.25) is 4.57 Å². The molecule has 1 aliphatic rings. The van der Waals surface area contributed by atoms with Crippen LogP contribution in [0.25, 0.3) is 11.1 Å². The lowest BCUT2D eigenvalue weighted by Gasteiger charge is -2.23. The first-order valence-corrected chi connectivity index (χ1v) is 7.64. The first kappa shape index (κ1) is 14.5. The fraction of sp³-hybridized carbons (Fsp3) is 0.333. The second-order valence-corrected chi connectivity index (χ2v) is 5.80. The molecule has 0 bridgehead atoms. The summed E-state index contributed by atoms with van der Waals surface area (Å²) in [5.74, 6) is 0.510. The lowest BCUT2D eigenvalue weighted by molar-refractivity contribution is 0.243. The van der Waals surface area contributed by atoms with E-state index < -0.39 is 5.76 Å². The normalized spacial score (nSPS) is 16.8. The van der Waals surface area contributed by atoms with Gasteiger partial charge in [-0.1, -0.05) is 0 Å². The zero-order chi connectivity index (χ0) is 16.7. The summed E-state index contributed by atoms with van der Waals surface area (Å²) in [6.07, 6.45) is 3.13. The molecule has 3 aromatic rings. The highest BCUT2D eigenvalue weighted by atomic mass is 16.4. The van der Waals surface area contributed by atoms with Crippen LogP contribution in [0.1, 0.15) is 12.2 Å². The Bertz CT molecular complexity index is 969. The van der Waals surface area contributed by atoms with Crippen molar-refractivity contribution >= 4 is 22.8 Å². The number of carbonyl (C=O) groups is 1. The zero-order valence-corrected chi connectivity index (χ0v) is 13.0. The number of nitrogens with one attached hydrogen (secondary N) is 2. The van der Waals surface area contributed by atoms with Crippen molar-refractivity contribution in [3.63, 3.8) is 0 Å². The van der Waals surface area contributed by atoms with E-state index >= 15 is 0 Å². The minimum atomic E-state index is -0.433. The highest BCUT2D eigenvalue weighted by Gasteiger charge is 2.21. The summed E-state index contributed by atoms with van der Waals surface area (Å²) in [6, 6.07) is 4.79. The molecular weight excluding hydrogens is 312 g/mol. The number of rotatable bonds is 2. The van der Waals surface area contributed by atoms with Crippen LogP contribution in [0.5, 0.6) is 0 Å². The van der Waals surface area contributed by atoms with E-state index in [0.717, 1.165) is 18.7 Å². The molecule has 1 aliphatic heterocycles. The third kappa shape index (κ3) is 2.53. The van der Waals surface area contributed by atoms with E-state index in [0.29, 0.717) is 23.3 Å². The molecule has 2 N–H and O–H groups in total. The number of amides is 2. The smallest absolute Gasteiger partial charge is 0.408 e. The van der Waals surface area contributed by atoms with Gasteiger partial charge >= 0.3 is 11.8 Å². The molecule has 0 saturated heterocycles.